The van der Waals surface area contributed by atoms with Gasteiger partial charge in [0.25, 0.3) is 0 Å². The Morgan fingerprint density at radius 1 is 1.14 bits per heavy atom. The second-order valence-corrected chi connectivity index (χ2v) is 6.29. The Hall–Kier alpha value is -4.07. The first kappa shape index (κ1) is 18.3. The molecular weight excluding hydrogens is 376 g/mol. The monoisotopic (exact) mass is 392 g/mol. The molecule has 1 N–H and O–H groups in total. The number of carbonyl (C=O) groups excluding carboxylic acids is 1. The molecule has 0 saturated heterocycles. The Kier molecular flexibility index (Phi) is 4.74. The minimum Gasteiger partial charge on any atom is -0.508 e. The summed E-state index contributed by atoms with van der Waals surface area (Å²) in [7, 11) is 1.56. The van der Waals surface area contributed by atoms with Crippen LogP contribution < -0.4 is 15.1 Å². The molecule has 146 valence electrons. The van der Waals surface area contributed by atoms with E-state index in [0.29, 0.717) is 46.0 Å². The highest BCUT2D eigenvalue weighted by Gasteiger charge is 2.12. The first-order valence-electron chi connectivity index (χ1n) is 8.65. The van der Waals surface area contributed by atoms with E-state index >= 15 is 0 Å². The number of aromatic nitrogens is 1. The second kappa shape index (κ2) is 7.51. The number of amides is 1. The molecule has 0 atom stereocenters. The van der Waals surface area contributed by atoms with Crippen molar-refractivity contribution in [3.63, 3.8) is 0 Å². The van der Waals surface area contributed by atoms with E-state index in [9.17, 15) is 14.7 Å². The van der Waals surface area contributed by atoms with Crippen LogP contribution >= 0.6 is 0 Å². The van der Waals surface area contributed by atoms with E-state index in [4.69, 9.17) is 13.6 Å². The van der Waals surface area contributed by atoms with E-state index in [-0.39, 0.29) is 17.8 Å². The lowest BCUT2D eigenvalue weighted by Crippen LogP contribution is -2.14. The van der Waals surface area contributed by atoms with Crippen molar-refractivity contribution in [3.05, 3.63) is 71.1 Å². The summed E-state index contributed by atoms with van der Waals surface area (Å²) in [6.45, 7) is 0.0496. The van der Waals surface area contributed by atoms with Gasteiger partial charge in [-0.15, -0.1) is 0 Å². The van der Waals surface area contributed by atoms with Crippen molar-refractivity contribution in [1.82, 2.24) is 4.98 Å². The number of hydrogen-bond donors (Lipinski definition) is 1. The third-order valence-electron chi connectivity index (χ3n) is 4.35. The number of ether oxygens (including phenoxy) is 1. The normalized spacial score (nSPS) is 10.8. The lowest BCUT2D eigenvalue weighted by molar-refractivity contribution is -0.107. The van der Waals surface area contributed by atoms with Crippen LogP contribution in [0.2, 0.25) is 0 Å². The van der Waals surface area contributed by atoms with Crippen LogP contribution in [0.1, 0.15) is 5.89 Å². The Morgan fingerprint density at radius 2 is 1.93 bits per heavy atom. The van der Waals surface area contributed by atoms with Crippen molar-refractivity contribution in [1.29, 1.82) is 0 Å². The van der Waals surface area contributed by atoms with Crippen LogP contribution in [0, 0.1) is 0 Å². The molecule has 0 saturated carbocycles. The molecule has 29 heavy (non-hydrogen) atoms. The fraction of sp³-hybridized carbons (Fsp3) is 0.0952. The number of rotatable bonds is 6. The molecule has 0 bridgehead atoms. The molecule has 0 aliphatic rings. The highest BCUT2D eigenvalue weighted by atomic mass is 16.5. The van der Waals surface area contributed by atoms with Crippen LogP contribution in [-0.2, 0) is 11.4 Å². The fourth-order valence-electron chi connectivity index (χ4n) is 2.77. The van der Waals surface area contributed by atoms with Gasteiger partial charge < -0.3 is 18.7 Å². The average Bonchev–Trinajstić information content (AvgIpc) is 3.22. The summed E-state index contributed by atoms with van der Waals surface area (Å²) in [5.41, 5.74) is 1.25. The minimum absolute atomic E-state index is 0.0496. The van der Waals surface area contributed by atoms with E-state index in [1.54, 1.807) is 37.4 Å². The topological polar surface area (TPSA) is 106 Å². The molecule has 0 spiro atoms. The zero-order valence-electron chi connectivity index (χ0n) is 15.4. The number of hydrogen-bond acceptors (Lipinski definition) is 7. The molecule has 4 rings (SSSR count). The van der Waals surface area contributed by atoms with Crippen molar-refractivity contribution in [3.8, 4) is 22.6 Å². The van der Waals surface area contributed by atoms with Crippen molar-refractivity contribution in [2.24, 2.45) is 0 Å². The number of phenols is 1. The summed E-state index contributed by atoms with van der Waals surface area (Å²) in [5, 5.41) is 9.82. The van der Waals surface area contributed by atoms with Gasteiger partial charge in [-0.3, -0.25) is 14.5 Å². The molecule has 1 amide bonds. The van der Waals surface area contributed by atoms with Crippen molar-refractivity contribution in [2.45, 2.75) is 6.61 Å². The first-order valence-corrected chi connectivity index (χ1v) is 8.65. The van der Waals surface area contributed by atoms with Crippen LogP contribution in [0.5, 0.6) is 11.5 Å². The summed E-state index contributed by atoms with van der Waals surface area (Å²) in [6.07, 6.45) is 3.37. The van der Waals surface area contributed by atoms with Crippen LogP contribution in [-0.4, -0.2) is 23.5 Å². The lowest BCUT2D eigenvalue weighted by atomic mass is 10.1. The summed E-state index contributed by atoms with van der Waals surface area (Å²) in [4.78, 5) is 28.9. The number of aromatic hydroxyl groups is 1. The van der Waals surface area contributed by atoms with E-state index in [2.05, 4.69) is 4.98 Å². The number of anilines is 1. The number of nitrogens with zero attached hydrogens (tertiary/aromatic N) is 2. The van der Waals surface area contributed by atoms with E-state index in [1.807, 2.05) is 0 Å². The highest BCUT2D eigenvalue weighted by Crippen LogP contribution is 2.25. The van der Waals surface area contributed by atoms with Gasteiger partial charge in [0.15, 0.2) is 17.9 Å². The van der Waals surface area contributed by atoms with Crippen LogP contribution in [0.4, 0.5) is 5.82 Å². The molecule has 8 nitrogen and oxygen atoms in total. The molecule has 0 aliphatic heterocycles. The average molecular weight is 392 g/mol. The summed E-state index contributed by atoms with van der Waals surface area (Å²) in [5.74, 6) is 1.28. The first-order chi connectivity index (χ1) is 14.0. The maximum atomic E-state index is 12.8. The third-order valence-corrected chi connectivity index (χ3v) is 4.35. The Labute approximate surface area is 164 Å². The van der Waals surface area contributed by atoms with Gasteiger partial charge in [0.2, 0.25) is 12.3 Å². The minimum atomic E-state index is -0.183. The van der Waals surface area contributed by atoms with Crippen molar-refractivity contribution >= 4 is 23.2 Å². The van der Waals surface area contributed by atoms with Gasteiger partial charge in [-0.2, -0.15) is 4.98 Å². The lowest BCUT2D eigenvalue weighted by Gasteiger charge is -2.06. The van der Waals surface area contributed by atoms with Gasteiger partial charge in [-0.25, -0.2) is 0 Å². The number of phenolic OH excluding ortho intramolecular Hbond substituents is 1. The van der Waals surface area contributed by atoms with Gasteiger partial charge in [-0.1, -0.05) is 12.1 Å². The molecule has 2 aromatic heterocycles. The number of benzene rings is 2. The predicted molar refractivity (Wildman–Crippen MR) is 105 cm³/mol. The Morgan fingerprint density at radius 3 is 2.69 bits per heavy atom. The van der Waals surface area contributed by atoms with Crippen LogP contribution in [0.15, 0.2) is 68.6 Å². The zero-order valence-corrected chi connectivity index (χ0v) is 15.4. The molecular formula is C21H16N2O6. The molecule has 0 radical (unpaired) electrons. The standard InChI is InChI=1S/C21H16N2O6/c1-23(12-24)19-10-29-20(22-19)11-27-15-6-7-16-18(8-15)28-9-17(21(16)26)13-2-4-14(25)5-3-13/h2-10,12,25H,11H2,1H3. The van der Waals surface area contributed by atoms with E-state index in [0.717, 1.165) is 0 Å². The van der Waals surface area contributed by atoms with Crippen LogP contribution in [0.25, 0.3) is 22.1 Å². The summed E-state index contributed by atoms with van der Waals surface area (Å²) in [6, 6.07) is 11.2. The number of oxazole rings is 1. The smallest absolute Gasteiger partial charge is 0.234 e. The van der Waals surface area contributed by atoms with E-state index < -0.39 is 0 Å². The van der Waals surface area contributed by atoms with Crippen LogP contribution in [0.3, 0.4) is 0 Å². The maximum absolute atomic E-state index is 12.8. The molecule has 0 fully saturated rings. The zero-order chi connectivity index (χ0) is 20.4. The second-order valence-electron chi connectivity index (χ2n) is 6.29. The molecule has 0 aliphatic carbocycles. The molecule has 0 unspecified atom stereocenters. The Bertz CT molecular complexity index is 1230. The van der Waals surface area contributed by atoms with Gasteiger partial charge >= 0.3 is 0 Å². The van der Waals surface area contributed by atoms with Gasteiger partial charge in [0, 0.05) is 13.1 Å². The third kappa shape index (κ3) is 3.68. The molecule has 8 heteroatoms. The largest absolute Gasteiger partial charge is 0.508 e. The summed E-state index contributed by atoms with van der Waals surface area (Å²) >= 11 is 0. The number of fused-ring (bicyclic) bond motifs is 1. The quantitative estimate of drug-likeness (QED) is 0.502. The predicted octanol–water partition coefficient (Wildman–Crippen LogP) is 3.33. The maximum Gasteiger partial charge on any atom is 0.234 e. The highest BCUT2D eigenvalue weighted by molar-refractivity contribution is 5.82. The molecule has 2 heterocycles. The molecule has 2 aromatic carbocycles. The number of carbonyl (C=O) groups is 1. The van der Waals surface area contributed by atoms with Gasteiger partial charge in [0.05, 0.1) is 10.9 Å². The van der Waals surface area contributed by atoms with Crippen molar-refractivity contribution in [2.75, 3.05) is 11.9 Å². The SMILES string of the molecule is CN(C=O)c1coc(COc2ccc3c(=O)c(-c4ccc(O)cc4)coc3c2)n1. The Balaban J connectivity index is 1.56. The van der Waals surface area contributed by atoms with Crippen molar-refractivity contribution < 1.29 is 23.5 Å². The van der Waals surface area contributed by atoms with E-state index in [1.165, 1.54) is 29.6 Å². The van der Waals surface area contributed by atoms with Gasteiger partial charge in [-0.05, 0) is 29.8 Å². The fourth-order valence-corrected chi connectivity index (χ4v) is 2.77. The molecule has 4 aromatic rings. The summed E-state index contributed by atoms with van der Waals surface area (Å²) < 4.78 is 16.5. The van der Waals surface area contributed by atoms with Gasteiger partial charge in [0.1, 0.15) is 29.6 Å².